The lowest BCUT2D eigenvalue weighted by Crippen LogP contribution is -2.06. The number of aliphatic hydroxyl groups is 1. The average Bonchev–Trinajstić information content (AvgIpc) is 2.70. The van der Waals surface area contributed by atoms with Gasteiger partial charge in [-0.25, -0.2) is 0 Å². The van der Waals surface area contributed by atoms with Crippen LogP contribution >= 0.6 is 0 Å². The molecule has 0 fully saturated rings. The van der Waals surface area contributed by atoms with E-state index in [9.17, 15) is 4.79 Å². The number of aliphatic hydroxyl groups excluding tert-OH is 1. The van der Waals surface area contributed by atoms with E-state index in [-0.39, 0.29) is 12.6 Å². The van der Waals surface area contributed by atoms with Crippen LogP contribution in [0.15, 0.2) is 12.2 Å². The third kappa shape index (κ3) is 23.2. The minimum absolute atomic E-state index is 0.0865. The Morgan fingerprint density at radius 3 is 1.64 bits per heavy atom. The van der Waals surface area contributed by atoms with Crippen molar-refractivity contribution in [2.45, 2.75) is 129 Å². The zero-order chi connectivity index (χ0) is 20.5. The van der Waals surface area contributed by atoms with E-state index in [0.29, 0.717) is 19.4 Å². The molecule has 0 bridgehead atoms. The van der Waals surface area contributed by atoms with Crippen LogP contribution < -0.4 is 0 Å². The minimum atomic E-state index is -0.116. The fraction of sp³-hybridized carbons (Fsp3) is 0.880. The molecule has 0 aromatic rings. The molecule has 166 valence electrons. The first-order chi connectivity index (χ1) is 13.8. The van der Waals surface area contributed by atoms with Crippen molar-refractivity contribution >= 4 is 5.97 Å². The largest absolute Gasteiger partial charge is 0.466 e. The molecule has 0 saturated heterocycles. The standard InChI is InChI=1S/C25H48O3/c1-2-3-4-5-6-7-8-9-10-11-12-13-14-15-16-17-18-19-20-22-25(27)28-24-21-23-26/h9-10,26H,2-8,11-24H2,1H3/b10-9-. The van der Waals surface area contributed by atoms with Gasteiger partial charge in [0, 0.05) is 19.4 Å². The Balaban J connectivity index is 3.13. The fourth-order valence-electron chi connectivity index (χ4n) is 3.37. The van der Waals surface area contributed by atoms with Crippen LogP contribution in [-0.2, 0) is 9.53 Å². The first-order valence-electron chi connectivity index (χ1n) is 12.2. The molecule has 0 unspecified atom stereocenters. The Morgan fingerprint density at radius 2 is 1.14 bits per heavy atom. The number of allylic oxidation sites excluding steroid dienone is 2. The van der Waals surface area contributed by atoms with Gasteiger partial charge >= 0.3 is 5.97 Å². The summed E-state index contributed by atoms with van der Waals surface area (Å²) in [6.07, 6.45) is 28.0. The van der Waals surface area contributed by atoms with Gasteiger partial charge in [-0.05, 0) is 32.1 Å². The maximum atomic E-state index is 11.4. The van der Waals surface area contributed by atoms with Crippen LogP contribution in [0.1, 0.15) is 129 Å². The first kappa shape index (κ1) is 27.2. The summed E-state index contributed by atoms with van der Waals surface area (Å²) in [7, 11) is 0. The number of rotatable bonds is 22. The SMILES string of the molecule is CCCCCCCC/C=C\CCCCCCCCCCCC(=O)OCCCO. The van der Waals surface area contributed by atoms with Gasteiger partial charge in [0.25, 0.3) is 0 Å². The van der Waals surface area contributed by atoms with Crippen molar-refractivity contribution in [3.8, 4) is 0 Å². The zero-order valence-electron chi connectivity index (χ0n) is 18.8. The molecule has 0 spiro atoms. The second kappa shape index (κ2) is 24.2. The molecule has 0 aromatic carbocycles. The molecular formula is C25H48O3. The van der Waals surface area contributed by atoms with E-state index < -0.39 is 0 Å². The highest BCUT2D eigenvalue weighted by Crippen LogP contribution is 2.12. The predicted octanol–water partition coefficient (Wildman–Crippen LogP) is 7.51. The third-order valence-corrected chi connectivity index (χ3v) is 5.21. The van der Waals surface area contributed by atoms with Gasteiger partial charge in [0.1, 0.15) is 0 Å². The first-order valence-corrected chi connectivity index (χ1v) is 12.2. The van der Waals surface area contributed by atoms with E-state index in [1.807, 2.05) is 0 Å². The van der Waals surface area contributed by atoms with Gasteiger partial charge in [-0.15, -0.1) is 0 Å². The molecular weight excluding hydrogens is 348 g/mol. The molecule has 0 aliphatic heterocycles. The van der Waals surface area contributed by atoms with Gasteiger partial charge in [0.05, 0.1) is 6.61 Å². The Kier molecular flexibility index (Phi) is 23.5. The van der Waals surface area contributed by atoms with Crippen LogP contribution in [-0.4, -0.2) is 24.3 Å². The Labute approximate surface area is 175 Å². The number of esters is 1. The Bertz CT molecular complexity index is 339. The van der Waals surface area contributed by atoms with Crippen LogP contribution in [0.3, 0.4) is 0 Å². The number of hydrogen-bond acceptors (Lipinski definition) is 3. The van der Waals surface area contributed by atoms with E-state index >= 15 is 0 Å². The van der Waals surface area contributed by atoms with Gasteiger partial charge in [-0.3, -0.25) is 4.79 Å². The maximum absolute atomic E-state index is 11.4. The molecule has 0 aromatic heterocycles. The van der Waals surface area contributed by atoms with E-state index in [2.05, 4.69) is 19.1 Å². The molecule has 0 rings (SSSR count). The van der Waals surface area contributed by atoms with Crippen molar-refractivity contribution in [2.75, 3.05) is 13.2 Å². The Hall–Kier alpha value is -0.830. The van der Waals surface area contributed by atoms with Gasteiger partial charge in [-0.2, -0.15) is 0 Å². The monoisotopic (exact) mass is 396 g/mol. The van der Waals surface area contributed by atoms with Gasteiger partial charge in [0.15, 0.2) is 0 Å². The molecule has 0 aliphatic rings. The van der Waals surface area contributed by atoms with Crippen molar-refractivity contribution in [1.82, 2.24) is 0 Å². The normalized spacial score (nSPS) is 11.4. The highest BCUT2D eigenvalue weighted by Gasteiger charge is 2.01. The lowest BCUT2D eigenvalue weighted by molar-refractivity contribution is -0.144. The van der Waals surface area contributed by atoms with Crippen molar-refractivity contribution in [1.29, 1.82) is 0 Å². The topological polar surface area (TPSA) is 46.5 Å². The van der Waals surface area contributed by atoms with Crippen LogP contribution in [0.2, 0.25) is 0 Å². The van der Waals surface area contributed by atoms with Crippen molar-refractivity contribution in [3.05, 3.63) is 12.2 Å². The van der Waals surface area contributed by atoms with Crippen LogP contribution in [0.25, 0.3) is 0 Å². The summed E-state index contributed by atoms with van der Waals surface area (Å²) in [4.78, 5) is 11.4. The quantitative estimate of drug-likeness (QED) is 0.117. The molecule has 0 heterocycles. The third-order valence-electron chi connectivity index (χ3n) is 5.21. The molecule has 1 N–H and O–H groups in total. The van der Waals surface area contributed by atoms with Crippen molar-refractivity contribution in [3.63, 3.8) is 0 Å². The summed E-state index contributed by atoms with van der Waals surface area (Å²) in [5.41, 5.74) is 0. The maximum Gasteiger partial charge on any atom is 0.305 e. The number of ether oxygens (including phenoxy) is 1. The minimum Gasteiger partial charge on any atom is -0.466 e. The molecule has 0 atom stereocenters. The molecule has 28 heavy (non-hydrogen) atoms. The molecule has 3 heteroatoms. The summed E-state index contributed by atoms with van der Waals surface area (Å²) in [5, 5.41) is 8.63. The molecule has 0 aliphatic carbocycles. The van der Waals surface area contributed by atoms with Gasteiger partial charge in [-0.1, -0.05) is 96.1 Å². The zero-order valence-corrected chi connectivity index (χ0v) is 18.8. The average molecular weight is 397 g/mol. The highest BCUT2D eigenvalue weighted by molar-refractivity contribution is 5.69. The van der Waals surface area contributed by atoms with E-state index in [4.69, 9.17) is 9.84 Å². The number of hydrogen-bond donors (Lipinski definition) is 1. The summed E-state index contributed by atoms with van der Waals surface area (Å²) in [5.74, 6) is -0.116. The molecule has 0 radical (unpaired) electrons. The second-order valence-electron chi connectivity index (χ2n) is 8.05. The summed E-state index contributed by atoms with van der Waals surface area (Å²) >= 11 is 0. The number of unbranched alkanes of at least 4 members (excludes halogenated alkanes) is 15. The van der Waals surface area contributed by atoms with Crippen LogP contribution in [0.5, 0.6) is 0 Å². The summed E-state index contributed by atoms with van der Waals surface area (Å²) in [6.45, 7) is 2.71. The van der Waals surface area contributed by atoms with Crippen molar-refractivity contribution < 1.29 is 14.6 Å². The van der Waals surface area contributed by atoms with E-state index in [0.717, 1.165) is 12.8 Å². The molecule has 0 saturated carbocycles. The lowest BCUT2D eigenvalue weighted by atomic mass is 10.1. The smallest absolute Gasteiger partial charge is 0.305 e. The lowest BCUT2D eigenvalue weighted by Gasteiger charge is -2.04. The van der Waals surface area contributed by atoms with Crippen LogP contribution in [0, 0.1) is 0 Å². The van der Waals surface area contributed by atoms with Crippen LogP contribution in [0.4, 0.5) is 0 Å². The molecule has 0 amide bonds. The fourth-order valence-corrected chi connectivity index (χ4v) is 3.37. The predicted molar refractivity (Wildman–Crippen MR) is 121 cm³/mol. The Morgan fingerprint density at radius 1 is 0.679 bits per heavy atom. The molecule has 3 nitrogen and oxygen atoms in total. The van der Waals surface area contributed by atoms with E-state index in [1.165, 1.54) is 96.3 Å². The second-order valence-corrected chi connectivity index (χ2v) is 8.05. The van der Waals surface area contributed by atoms with Gasteiger partial charge in [0.2, 0.25) is 0 Å². The van der Waals surface area contributed by atoms with Gasteiger partial charge < -0.3 is 9.84 Å². The van der Waals surface area contributed by atoms with E-state index in [1.54, 1.807) is 0 Å². The number of carbonyl (C=O) groups excluding carboxylic acids is 1. The summed E-state index contributed by atoms with van der Waals surface area (Å²) in [6, 6.07) is 0. The highest BCUT2D eigenvalue weighted by atomic mass is 16.5. The summed E-state index contributed by atoms with van der Waals surface area (Å²) < 4.78 is 5.02. The van der Waals surface area contributed by atoms with Crippen molar-refractivity contribution in [2.24, 2.45) is 0 Å². The number of carbonyl (C=O) groups is 1.